The number of piperidine rings is 1. The second kappa shape index (κ2) is 4.83. The number of rotatable bonds is 1. The maximum Gasteiger partial charge on any atom is 0.0645 e. The average molecular weight is 205 g/mol. The van der Waals surface area contributed by atoms with Crippen LogP contribution in [0.5, 0.6) is 0 Å². The fourth-order valence-corrected chi connectivity index (χ4v) is 2.07. The highest BCUT2D eigenvalue weighted by atomic mass is 16.5. The van der Waals surface area contributed by atoms with Crippen LogP contribution in [0.3, 0.4) is 0 Å². The largest absolute Gasteiger partial charge is 0.378 e. The van der Waals surface area contributed by atoms with Gasteiger partial charge in [-0.15, -0.1) is 0 Å². The first-order chi connectivity index (χ1) is 7.25. The lowest BCUT2D eigenvalue weighted by molar-refractivity contribution is -0.0719. The standard InChI is InChI=1S/C13H19NO/c1-11(2)3-4-12-5-7-14(8-6-12)13-9-15-10-13/h12-13H,1,5-10H2,2H3. The van der Waals surface area contributed by atoms with E-state index in [1.54, 1.807) is 0 Å². The Kier molecular flexibility index (Phi) is 3.45. The average Bonchev–Trinajstić information content (AvgIpc) is 2.14. The molecule has 2 saturated heterocycles. The lowest BCUT2D eigenvalue weighted by atomic mass is 9.95. The van der Waals surface area contributed by atoms with E-state index < -0.39 is 0 Å². The molecule has 0 aromatic heterocycles. The number of nitrogens with zero attached hydrogens (tertiary/aromatic N) is 1. The lowest BCUT2D eigenvalue weighted by Gasteiger charge is -2.40. The normalized spacial score (nSPS) is 24.1. The summed E-state index contributed by atoms with van der Waals surface area (Å²) >= 11 is 0. The summed E-state index contributed by atoms with van der Waals surface area (Å²) in [6.07, 6.45) is 2.41. The van der Waals surface area contributed by atoms with Crippen molar-refractivity contribution < 1.29 is 4.74 Å². The first-order valence-corrected chi connectivity index (χ1v) is 5.74. The van der Waals surface area contributed by atoms with Gasteiger partial charge in [0, 0.05) is 5.92 Å². The first-order valence-electron chi connectivity index (χ1n) is 5.74. The Balaban J connectivity index is 1.77. The van der Waals surface area contributed by atoms with Crippen LogP contribution in [0, 0.1) is 17.8 Å². The molecule has 0 aliphatic carbocycles. The van der Waals surface area contributed by atoms with Crippen molar-refractivity contribution in [2.75, 3.05) is 26.3 Å². The van der Waals surface area contributed by atoms with Crippen LogP contribution < -0.4 is 0 Å². The van der Waals surface area contributed by atoms with Gasteiger partial charge in [0.15, 0.2) is 0 Å². The third kappa shape index (κ3) is 2.84. The van der Waals surface area contributed by atoms with Crippen LogP contribution in [0.4, 0.5) is 0 Å². The van der Waals surface area contributed by atoms with Gasteiger partial charge < -0.3 is 4.74 Å². The van der Waals surface area contributed by atoms with E-state index in [0.717, 1.165) is 18.8 Å². The SMILES string of the molecule is C=C(C)C#CC1CCN(C2COC2)CC1. The van der Waals surface area contributed by atoms with Gasteiger partial charge in [-0.2, -0.15) is 0 Å². The molecule has 82 valence electrons. The zero-order chi connectivity index (χ0) is 10.7. The third-order valence-electron chi connectivity index (χ3n) is 3.16. The number of allylic oxidation sites excluding steroid dienone is 1. The van der Waals surface area contributed by atoms with Crippen LogP contribution >= 0.6 is 0 Å². The van der Waals surface area contributed by atoms with Gasteiger partial charge in [-0.3, -0.25) is 4.90 Å². The Labute approximate surface area is 92.3 Å². The van der Waals surface area contributed by atoms with Gasteiger partial charge in [0.05, 0.1) is 19.3 Å². The lowest BCUT2D eigenvalue weighted by Crippen LogP contribution is -2.51. The predicted molar refractivity (Wildman–Crippen MR) is 61.5 cm³/mol. The van der Waals surface area contributed by atoms with Gasteiger partial charge in [0.2, 0.25) is 0 Å². The number of likely N-dealkylation sites (tertiary alicyclic amines) is 1. The zero-order valence-corrected chi connectivity index (χ0v) is 9.46. The summed E-state index contributed by atoms with van der Waals surface area (Å²) in [5, 5.41) is 0. The van der Waals surface area contributed by atoms with Crippen molar-refractivity contribution in [3.05, 3.63) is 12.2 Å². The maximum atomic E-state index is 5.21. The van der Waals surface area contributed by atoms with Crippen LogP contribution in [-0.2, 0) is 4.74 Å². The monoisotopic (exact) mass is 205 g/mol. The third-order valence-corrected chi connectivity index (χ3v) is 3.16. The Morgan fingerprint density at radius 1 is 1.33 bits per heavy atom. The minimum atomic E-state index is 0.582. The van der Waals surface area contributed by atoms with Crippen molar-refractivity contribution in [1.82, 2.24) is 4.90 Å². The molecule has 2 rings (SSSR count). The van der Waals surface area contributed by atoms with E-state index in [2.05, 4.69) is 23.3 Å². The summed E-state index contributed by atoms with van der Waals surface area (Å²) in [7, 11) is 0. The fourth-order valence-electron chi connectivity index (χ4n) is 2.07. The van der Waals surface area contributed by atoms with Crippen molar-refractivity contribution in [2.45, 2.75) is 25.8 Å². The maximum absolute atomic E-state index is 5.21. The molecule has 0 aromatic rings. The number of hydrogen-bond donors (Lipinski definition) is 0. The fraction of sp³-hybridized carbons (Fsp3) is 0.692. The van der Waals surface area contributed by atoms with E-state index in [4.69, 9.17) is 4.74 Å². The van der Waals surface area contributed by atoms with Crippen molar-refractivity contribution in [2.24, 2.45) is 5.92 Å². The molecule has 0 radical (unpaired) electrons. The molecule has 2 nitrogen and oxygen atoms in total. The minimum Gasteiger partial charge on any atom is -0.378 e. The second-order valence-corrected chi connectivity index (χ2v) is 4.55. The van der Waals surface area contributed by atoms with E-state index in [-0.39, 0.29) is 0 Å². The van der Waals surface area contributed by atoms with Crippen LogP contribution in [0.25, 0.3) is 0 Å². The Morgan fingerprint density at radius 2 is 2.00 bits per heavy atom. The molecule has 2 fully saturated rings. The summed E-state index contributed by atoms with van der Waals surface area (Å²) in [5.41, 5.74) is 0.977. The number of ether oxygens (including phenoxy) is 1. The molecule has 2 aliphatic heterocycles. The van der Waals surface area contributed by atoms with Crippen LogP contribution in [0.15, 0.2) is 12.2 Å². The second-order valence-electron chi connectivity index (χ2n) is 4.55. The number of hydrogen-bond acceptors (Lipinski definition) is 2. The molecule has 0 aromatic carbocycles. The van der Waals surface area contributed by atoms with E-state index >= 15 is 0 Å². The minimum absolute atomic E-state index is 0.582. The highest BCUT2D eigenvalue weighted by Gasteiger charge is 2.28. The van der Waals surface area contributed by atoms with Crippen molar-refractivity contribution in [3.63, 3.8) is 0 Å². The summed E-state index contributed by atoms with van der Waals surface area (Å²) in [5.74, 6) is 6.99. The summed E-state index contributed by atoms with van der Waals surface area (Å²) in [6, 6.07) is 0.694. The summed E-state index contributed by atoms with van der Waals surface area (Å²) < 4.78 is 5.21. The van der Waals surface area contributed by atoms with Gasteiger partial charge in [0.1, 0.15) is 0 Å². The molecule has 15 heavy (non-hydrogen) atoms. The van der Waals surface area contributed by atoms with Gasteiger partial charge in [-0.25, -0.2) is 0 Å². The topological polar surface area (TPSA) is 12.5 Å². The van der Waals surface area contributed by atoms with E-state index in [1.165, 1.54) is 25.9 Å². The Hall–Kier alpha value is -0.780. The summed E-state index contributed by atoms with van der Waals surface area (Å²) in [6.45, 7) is 10.0. The highest BCUT2D eigenvalue weighted by Crippen LogP contribution is 2.21. The van der Waals surface area contributed by atoms with Gasteiger partial charge >= 0.3 is 0 Å². The molecule has 0 amide bonds. The van der Waals surface area contributed by atoms with Crippen LogP contribution in [-0.4, -0.2) is 37.2 Å². The molecule has 0 spiro atoms. The van der Waals surface area contributed by atoms with Crippen molar-refractivity contribution >= 4 is 0 Å². The van der Waals surface area contributed by atoms with Gasteiger partial charge in [-0.1, -0.05) is 18.4 Å². The Morgan fingerprint density at radius 3 is 2.47 bits per heavy atom. The molecule has 2 heterocycles. The molecule has 2 heteroatoms. The molecule has 2 aliphatic rings. The van der Waals surface area contributed by atoms with Gasteiger partial charge in [0.25, 0.3) is 0 Å². The van der Waals surface area contributed by atoms with Crippen LogP contribution in [0.1, 0.15) is 19.8 Å². The molecule has 0 bridgehead atoms. The smallest absolute Gasteiger partial charge is 0.0645 e. The van der Waals surface area contributed by atoms with Gasteiger partial charge in [-0.05, 0) is 38.4 Å². The molecule has 0 N–H and O–H groups in total. The first kappa shape index (κ1) is 10.7. The highest BCUT2D eigenvalue weighted by molar-refractivity contribution is 5.24. The molecular formula is C13H19NO. The molecule has 0 unspecified atom stereocenters. The molecular weight excluding hydrogens is 186 g/mol. The molecule has 0 atom stereocenters. The predicted octanol–water partition coefficient (Wildman–Crippen LogP) is 1.68. The van der Waals surface area contributed by atoms with E-state index in [1.807, 2.05) is 6.92 Å². The summed E-state index contributed by atoms with van der Waals surface area (Å²) in [4.78, 5) is 2.54. The zero-order valence-electron chi connectivity index (χ0n) is 9.46. The van der Waals surface area contributed by atoms with E-state index in [0.29, 0.717) is 12.0 Å². The van der Waals surface area contributed by atoms with E-state index in [9.17, 15) is 0 Å². The Bertz CT molecular complexity index is 287. The quantitative estimate of drug-likeness (QED) is 0.604. The molecule has 0 saturated carbocycles. The van der Waals surface area contributed by atoms with Crippen molar-refractivity contribution in [3.8, 4) is 11.8 Å². The van der Waals surface area contributed by atoms with Crippen molar-refractivity contribution in [1.29, 1.82) is 0 Å². The van der Waals surface area contributed by atoms with Crippen LogP contribution in [0.2, 0.25) is 0 Å².